The van der Waals surface area contributed by atoms with Crippen LogP contribution in [-0.4, -0.2) is 49.5 Å². The third-order valence-corrected chi connectivity index (χ3v) is 6.10. The Morgan fingerprint density at radius 3 is 2.42 bits per heavy atom. The summed E-state index contributed by atoms with van der Waals surface area (Å²) >= 11 is 0. The van der Waals surface area contributed by atoms with Crippen molar-refractivity contribution >= 4 is 5.91 Å². The molecule has 0 N–H and O–H groups in total. The molecule has 3 aromatic heterocycles. The fraction of sp³-hybridized carbons (Fsp3) is 0.348. The molecular formula is C23H21F4N5O. The minimum atomic E-state index is -4.54. The average molecular weight is 459 g/mol. The van der Waals surface area contributed by atoms with Gasteiger partial charge in [-0.25, -0.2) is 14.4 Å². The third-order valence-electron chi connectivity index (χ3n) is 6.10. The molecule has 4 rings (SSSR count). The minimum absolute atomic E-state index is 0.0596. The van der Waals surface area contributed by atoms with Crippen LogP contribution in [0.15, 0.2) is 55.2 Å². The number of hydrogen-bond acceptors (Lipinski definition) is 5. The van der Waals surface area contributed by atoms with Crippen LogP contribution < -0.4 is 0 Å². The van der Waals surface area contributed by atoms with Crippen molar-refractivity contribution in [2.24, 2.45) is 0 Å². The first-order valence-corrected chi connectivity index (χ1v) is 10.4. The van der Waals surface area contributed by atoms with Gasteiger partial charge in [0.15, 0.2) is 0 Å². The van der Waals surface area contributed by atoms with Crippen LogP contribution in [0, 0.1) is 0 Å². The van der Waals surface area contributed by atoms with E-state index in [1.807, 2.05) is 0 Å². The van der Waals surface area contributed by atoms with Gasteiger partial charge in [0, 0.05) is 37.6 Å². The number of piperidine rings is 1. The van der Waals surface area contributed by atoms with E-state index in [0.717, 1.165) is 12.3 Å². The number of amides is 1. The molecule has 3 aromatic rings. The molecule has 4 heterocycles. The van der Waals surface area contributed by atoms with Gasteiger partial charge in [-0.05, 0) is 42.7 Å². The molecule has 0 radical (unpaired) electrons. The van der Waals surface area contributed by atoms with E-state index >= 15 is 4.39 Å². The summed E-state index contributed by atoms with van der Waals surface area (Å²) in [5.41, 5.74) is -0.989. The Bertz CT molecular complexity index is 1110. The van der Waals surface area contributed by atoms with Gasteiger partial charge in [-0.1, -0.05) is 13.0 Å². The van der Waals surface area contributed by atoms with Crippen LogP contribution in [0.5, 0.6) is 0 Å². The average Bonchev–Trinajstić information content (AvgIpc) is 2.84. The molecule has 0 spiro atoms. The van der Waals surface area contributed by atoms with Gasteiger partial charge in [0.1, 0.15) is 23.4 Å². The number of halogens is 4. The van der Waals surface area contributed by atoms with Crippen molar-refractivity contribution in [3.8, 4) is 11.4 Å². The van der Waals surface area contributed by atoms with Gasteiger partial charge in [0.2, 0.25) is 0 Å². The van der Waals surface area contributed by atoms with Crippen LogP contribution in [0.1, 0.15) is 47.3 Å². The Balaban J connectivity index is 1.47. The maximum absolute atomic E-state index is 15.8. The molecule has 1 aliphatic rings. The van der Waals surface area contributed by atoms with Crippen molar-refractivity contribution < 1.29 is 22.4 Å². The number of nitrogens with zero attached hydrogens (tertiary/aromatic N) is 5. The zero-order valence-electron chi connectivity index (χ0n) is 17.8. The number of rotatable bonds is 4. The fourth-order valence-electron chi connectivity index (χ4n) is 4.03. The fourth-order valence-corrected chi connectivity index (χ4v) is 4.03. The molecule has 1 amide bonds. The molecule has 0 saturated carbocycles. The maximum atomic E-state index is 15.8. The highest BCUT2D eigenvalue weighted by atomic mass is 19.4. The van der Waals surface area contributed by atoms with Crippen molar-refractivity contribution in [3.63, 3.8) is 0 Å². The van der Waals surface area contributed by atoms with Crippen molar-refractivity contribution in [1.29, 1.82) is 0 Å². The van der Waals surface area contributed by atoms with Crippen LogP contribution in [0.3, 0.4) is 0 Å². The lowest BCUT2D eigenvalue weighted by Gasteiger charge is -2.40. The zero-order valence-corrected chi connectivity index (χ0v) is 17.8. The molecule has 0 aliphatic carbocycles. The van der Waals surface area contributed by atoms with Gasteiger partial charge >= 0.3 is 6.18 Å². The van der Waals surface area contributed by atoms with E-state index in [-0.39, 0.29) is 31.8 Å². The van der Waals surface area contributed by atoms with Crippen LogP contribution in [0.25, 0.3) is 11.4 Å². The quantitative estimate of drug-likeness (QED) is 0.529. The molecule has 0 aromatic carbocycles. The Labute approximate surface area is 187 Å². The van der Waals surface area contributed by atoms with E-state index < -0.39 is 23.5 Å². The molecule has 172 valence electrons. The van der Waals surface area contributed by atoms with E-state index in [4.69, 9.17) is 0 Å². The second kappa shape index (κ2) is 8.84. The number of likely N-dealkylation sites (tertiary alicyclic amines) is 1. The van der Waals surface area contributed by atoms with Gasteiger partial charge in [-0.2, -0.15) is 13.2 Å². The summed E-state index contributed by atoms with van der Waals surface area (Å²) < 4.78 is 54.0. The van der Waals surface area contributed by atoms with Crippen LogP contribution in [-0.2, 0) is 6.18 Å². The summed E-state index contributed by atoms with van der Waals surface area (Å²) in [5, 5.41) is 0. The minimum Gasteiger partial charge on any atom is -0.338 e. The first kappa shape index (κ1) is 22.8. The second-order valence-corrected chi connectivity index (χ2v) is 8.02. The molecule has 1 saturated heterocycles. The van der Waals surface area contributed by atoms with Gasteiger partial charge in [0.25, 0.3) is 5.91 Å². The maximum Gasteiger partial charge on any atom is 0.433 e. The van der Waals surface area contributed by atoms with Gasteiger partial charge < -0.3 is 4.90 Å². The Morgan fingerprint density at radius 2 is 1.82 bits per heavy atom. The van der Waals surface area contributed by atoms with Crippen molar-refractivity contribution in [2.75, 3.05) is 13.1 Å². The van der Waals surface area contributed by atoms with Crippen LogP contribution in [0.4, 0.5) is 17.6 Å². The number of carbonyl (C=O) groups excluding carboxylic acids is 1. The second-order valence-electron chi connectivity index (χ2n) is 8.02. The van der Waals surface area contributed by atoms with Crippen molar-refractivity contribution in [1.82, 2.24) is 24.8 Å². The number of aromatic nitrogens is 4. The molecule has 0 bridgehead atoms. The molecule has 1 unspecified atom stereocenters. The highest BCUT2D eigenvalue weighted by Crippen LogP contribution is 2.40. The molecule has 1 atom stereocenters. The molecule has 1 aliphatic heterocycles. The monoisotopic (exact) mass is 459 g/mol. The summed E-state index contributed by atoms with van der Waals surface area (Å²) in [5.74, 6) is -0.942. The van der Waals surface area contributed by atoms with Gasteiger partial charge in [-0.15, -0.1) is 0 Å². The number of alkyl halides is 4. The number of carbonyl (C=O) groups is 1. The largest absolute Gasteiger partial charge is 0.433 e. The molecular weight excluding hydrogens is 438 g/mol. The lowest BCUT2D eigenvalue weighted by Crippen LogP contribution is -2.47. The Hall–Kier alpha value is -3.43. The Kier molecular flexibility index (Phi) is 6.09. The lowest BCUT2D eigenvalue weighted by molar-refractivity contribution is -0.141. The molecule has 6 nitrogen and oxygen atoms in total. The normalized spacial score (nSPS) is 16.9. The molecule has 33 heavy (non-hydrogen) atoms. The Morgan fingerprint density at radius 1 is 1.06 bits per heavy atom. The van der Waals surface area contributed by atoms with Gasteiger partial charge in [0.05, 0.1) is 11.3 Å². The molecule has 1 fully saturated rings. The topological polar surface area (TPSA) is 71.9 Å². The van der Waals surface area contributed by atoms with Crippen molar-refractivity contribution in [3.05, 3.63) is 72.1 Å². The lowest BCUT2D eigenvalue weighted by atomic mass is 9.78. The number of hydrogen-bond donors (Lipinski definition) is 0. The van der Waals surface area contributed by atoms with E-state index in [9.17, 15) is 18.0 Å². The predicted octanol–water partition coefficient (Wildman–Crippen LogP) is 4.70. The summed E-state index contributed by atoms with van der Waals surface area (Å²) in [6.07, 6.45) is 1.15. The summed E-state index contributed by atoms with van der Waals surface area (Å²) in [7, 11) is 0. The molecule has 10 heteroatoms. The third kappa shape index (κ3) is 4.69. The van der Waals surface area contributed by atoms with Crippen LogP contribution >= 0.6 is 0 Å². The highest BCUT2D eigenvalue weighted by Gasteiger charge is 2.42. The summed E-state index contributed by atoms with van der Waals surface area (Å²) in [6.45, 7) is 1.98. The number of pyridine rings is 2. The zero-order chi connectivity index (χ0) is 23.6. The van der Waals surface area contributed by atoms with E-state index in [1.165, 1.54) is 12.4 Å². The SMILES string of the molecule is CC(c1ccc(C(F)(F)F)nc1)C1(F)CCN(C(=O)c2cccnc2-c2ccncn2)CC1. The smallest absolute Gasteiger partial charge is 0.338 e. The standard InChI is InChI=1S/C23H21F4N5O/c1-15(16-4-5-19(30-13-16)23(25,26)27)22(24)7-11-32(12-8-22)21(33)17-3-2-9-29-20(17)18-6-10-28-14-31-18/h2-6,9-10,13-15H,7-8,11-12H2,1H3. The highest BCUT2D eigenvalue weighted by molar-refractivity contribution is 5.99. The van der Waals surface area contributed by atoms with E-state index in [2.05, 4.69) is 19.9 Å². The summed E-state index contributed by atoms with van der Waals surface area (Å²) in [4.78, 5) is 30.5. The first-order chi connectivity index (χ1) is 15.7. The van der Waals surface area contributed by atoms with Crippen molar-refractivity contribution in [2.45, 2.75) is 37.5 Å². The van der Waals surface area contributed by atoms with Crippen LogP contribution in [0.2, 0.25) is 0 Å². The predicted molar refractivity (Wildman–Crippen MR) is 112 cm³/mol. The van der Waals surface area contributed by atoms with E-state index in [0.29, 0.717) is 22.5 Å². The summed E-state index contributed by atoms with van der Waals surface area (Å²) in [6, 6.07) is 7.09. The van der Waals surface area contributed by atoms with Gasteiger partial charge in [-0.3, -0.25) is 14.8 Å². The van der Waals surface area contributed by atoms with E-state index in [1.54, 1.807) is 42.4 Å². The first-order valence-electron chi connectivity index (χ1n) is 10.4.